The highest BCUT2D eigenvalue weighted by Crippen LogP contribution is 2.15. The van der Waals surface area contributed by atoms with Crippen molar-refractivity contribution < 1.29 is 9.53 Å². The van der Waals surface area contributed by atoms with Crippen LogP contribution in [0.1, 0.15) is 33.1 Å². The molecule has 2 atom stereocenters. The average Bonchev–Trinajstić information content (AvgIpc) is 2.70. The lowest BCUT2D eigenvalue weighted by molar-refractivity contribution is -0.121. The number of rotatable bonds is 6. The number of nitrogens with one attached hydrogen (secondary N) is 2. The molecule has 0 aliphatic carbocycles. The maximum Gasteiger partial charge on any atom is 0.234 e. The Morgan fingerprint density at radius 1 is 1.60 bits per heavy atom. The van der Waals surface area contributed by atoms with Gasteiger partial charge in [0, 0.05) is 6.61 Å². The fourth-order valence-electron chi connectivity index (χ4n) is 1.77. The van der Waals surface area contributed by atoms with Crippen LogP contribution in [0.15, 0.2) is 0 Å². The summed E-state index contributed by atoms with van der Waals surface area (Å²) >= 11 is 0. The summed E-state index contributed by atoms with van der Waals surface area (Å²) in [6.45, 7) is 6.22. The third kappa shape index (κ3) is 4.62. The van der Waals surface area contributed by atoms with Gasteiger partial charge in [-0.3, -0.25) is 4.79 Å². The number of hydrogen-bond donors (Lipinski definition) is 2. The van der Waals surface area contributed by atoms with Crippen molar-refractivity contribution >= 4 is 5.91 Å². The molecule has 1 saturated heterocycles. The molecule has 1 aliphatic rings. The van der Waals surface area contributed by atoms with Crippen LogP contribution in [0.4, 0.5) is 0 Å². The van der Waals surface area contributed by atoms with Gasteiger partial charge in [-0.2, -0.15) is 0 Å². The van der Waals surface area contributed by atoms with Crippen LogP contribution < -0.4 is 10.6 Å². The molecule has 0 radical (unpaired) electrons. The van der Waals surface area contributed by atoms with Crippen LogP contribution in [0.25, 0.3) is 0 Å². The zero-order valence-corrected chi connectivity index (χ0v) is 9.71. The van der Waals surface area contributed by atoms with Crippen molar-refractivity contribution in [3.63, 3.8) is 0 Å². The van der Waals surface area contributed by atoms with Crippen LogP contribution in [0.3, 0.4) is 0 Å². The van der Waals surface area contributed by atoms with E-state index in [9.17, 15) is 4.79 Å². The molecule has 1 fully saturated rings. The molecule has 0 saturated carbocycles. The maximum atomic E-state index is 11.5. The van der Waals surface area contributed by atoms with Crippen LogP contribution in [0.5, 0.6) is 0 Å². The minimum atomic E-state index is 0.0615. The van der Waals surface area contributed by atoms with E-state index in [0.717, 1.165) is 32.4 Å². The molecule has 1 rings (SSSR count). The molecule has 0 aromatic heterocycles. The van der Waals surface area contributed by atoms with Crippen LogP contribution in [0.2, 0.25) is 0 Å². The standard InChI is InChI=1S/C11H22N2O2/c1-3-6-12-8-11(14)13-9(2)10-5-4-7-15-10/h9-10,12H,3-8H2,1-2H3,(H,13,14). The van der Waals surface area contributed by atoms with Crippen LogP contribution in [-0.2, 0) is 9.53 Å². The summed E-state index contributed by atoms with van der Waals surface area (Å²) in [7, 11) is 0. The number of ether oxygens (including phenoxy) is 1. The third-order valence-corrected chi connectivity index (χ3v) is 2.62. The molecule has 15 heavy (non-hydrogen) atoms. The van der Waals surface area contributed by atoms with Crippen molar-refractivity contribution in [2.45, 2.75) is 45.3 Å². The van der Waals surface area contributed by atoms with Crippen LogP contribution in [-0.4, -0.2) is 37.7 Å². The van der Waals surface area contributed by atoms with Gasteiger partial charge in [-0.25, -0.2) is 0 Å². The average molecular weight is 214 g/mol. The van der Waals surface area contributed by atoms with Gasteiger partial charge in [0.1, 0.15) is 0 Å². The molecule has 0 spiro atoms. The Kier molecular flexibility index (Phi) is 5.65. The molecular weight excluding hydrogens is 192 g/mol. The highest BCUT2D eigenvalue weighted by molar-refractivity contribution is 5.78. The minimum absolute atomic E-state index is 0.0615. The Labute approximate surface area is 91.8 Å². The highest BCUT2D eigenvalue weighted by atomic mass is 16.5. The van der Waals surface area contributed by atoms with Crippen molar-refractivity contribution in [3.05, 3.63) is 0 Å². The molecule has 1 amide bonds. The van der Waals surface area contributed by atoms with Gasteiger partial charge >= 0.3 is 0 Å². The quantitative estimate of drug-likeness (QED) is 0.639. The summed E-state index contributed by atoms with van der Waals surface area (Å²) in [5.74, 6) is 0.0615. The lowest BCUT2D eigenvalue weighted by atomic mass is 10.1. The molecule has 1 heterocycles. The Morgan fingerprint density at radius 2 is 2.40 bits per heavy atom. The van der Waals surface area contributed by atoms with Gasteiger partial charge in [0.05, 0.1) is 18.7 Å². The van der Waals surface area contributed by atoms with Crippen molar-refractivity contribution in [1.29, 1.82) is 0 Å². The van der Waals surface area contributed by atoms with Gasteiger partial charge < -0.3 is 15.4 Å². The molecule has 88 valence electrons. The SMILES string of the molecule is CCCNCC(=O)NC(C)C1CCCO1. The van der Waals surface area contributed by atoms with Crippen molar-refractivity contribution in [2.75, 3.05) is 19.7 Å². The summed E-state index contributed by atoms with van der Waals surface area (Å²) in [4.78, 5) is 11.5. The van der Waals surface area contributed by atoms with E-state index in [0.29, 0.717) is 6.54 Å². The molecule has 0 aromatic carbocycles. The van der Waals surface area contributed by atoms with Gasteiger partial charge in [-0.15, -0.1) is 0 Å². The fourth-order valence-corrected chi connectivity index (χ4v) is 1.77. The van der Waals surface area contributed by atoms with Gasteiger partial charge in [-0.1, -0.05) is 6.92 Å². The molecule has 1 aliphatic heterocycles. The zero-order chi connectivity index (χ0) is 11.1. The Balaban J connectivity index is 2.13. The predicted octanol–water partition coefficient (Wildman–Crippen LogP) is 0.670. The monoisotopic (exact) mass is 214 g/mol. The highest BCUT2D eigenvalue weighted by Gasteiger charge is 2.23. The Hall–Kier alpha value is -0.610. The van der Waals surface area contributed by atoms with E-state index in [1.54, 1.807) is 0 Å². The molecule has 0 bridgehead atoms. The summed E-state index contributed by atoms with van der Waals surface area (Å²) in [5, 5.41) is 6.03. The van der Waals surface area contributed by atoms with E-state index >= 15 is 0 Å². The second-order valence-corrected chi connectivity index (χ2v) is 4.08. The van der Waals surface area contributed by atoms with Crippen LogP contribution in [0, 0.1) is 0 Å². The molecule has 2 N–H and O–H groups in total. The lowest BCUT2D eigenvalue weighted by Gasteiger charge is -2.20. The van der Waals surface area contributed by atoms with E-state index in [4.69, 9.17) is 4.74 Å². The summed E-state index contributed by atoms with van der Waals surface area (Å²) < 4.78 is 5.51. The first kappa shape index (κ1) is 12.5. The lowest BCUT2D eigenvalue weighted by Crippen LogP contribution is -2.44. The van der Waals surface area contributed by atoms with E-state index in [-0.39, 0.29) is 18.1 Å². The van der Waals surface area contributed by atoms with E-state index in [1.807, 2.05) is 6.92 Å². The molecule has 4 nitrogen and oxygen atoms in total. The summed E-state index contributed by atoms with van der Waals surface area (Å²) in [6.07, 6.45) is 3.43. The first-order chi connectivity index (χ1) is 7.24. The van der Waals surface area contributed by atoms with Gasteiger partial charge in [0.15, 0.2) is 0 Å². The van der Waals surface area contributed by atoms with E-state index in [1.165, 1.54) is 0 Å². The predicted molar refractivity (Wildman–Crippen MR) is 59.7 cm³/mol. The van der Waals surface area contributed by atoms with Gasteiger partial charge in [-0.05, 0) is 32.7 Å². The summed E-state index contributed by atoms with van der Waals surface area (Å²) in [5.41, 5.74) is 0. The normalized spacial score (nSPS) is 22.7. The van der Waals surface area contributed by atoms with Crippen molar-refractivity contribution in [1.82, 2.24) is 10.6 Å². The largest absolute Gasteiger partial charge is 0.376 e. The molecule has 0 aromatic rings. The first-order valence-electron chi connectivity index (χ1n) is 5.85. The van der Waals surface area contributed by atoms with Crippen molar-refractivity contribution in [3.8, 4) is 0 Å². The van der Waals surface area contributed by atoms with E-state index < -0.39 is 0 Å². The van der Waals surface area contributed by atoms with Crippen molar-refractivity contribution in [2.24, 2.45) is 0 Å². The van der Waals surface area contributed by atoms with Gasteiger partial charge in [0.25, 0.3) is 0 Å². The number of carbonyl (C=O) groups excluding carboxylic acids is 1. The Morgan fingerprint density at radius 3 is 3.00 bits per heavy atom. The summed E-state index contributed by atoms with van der Waals surface area (Å²) in [6, 6.07) is 0.128. The molecular formula is C11H22N2O2. The third-order valence-electron chi connectivity index (χ3n) is 2.62. The Bertz CT molecular complexity index is 191. The second-order valence-electron chi connectivity index (χ2n) is 4.08. The second kappa shape index (κ2) is 6.80. The topological polar surface area (TPSA) is 50.4 Å². The van der Waals surface area contributed by atoms with Gasteiger partial charge in [0.2, 0.25) is 5.91 Å². The molecule has 2 unspecified atom stereocenters. The number of amides is 1. The van der Waals surface area contributed by atoms with E-state index in [2.05, 4.69) is 17.6 Å². The van der Waals surface area contributed by atoms with Crippen LogP contribution >= 0.6 is 0 Å². The minimum Gasteiger partial charge on any atom is -0.376 e. The number of hydrogen-bond acceptors (Lipinski definition) is 3. The number of carbonyl (C=O) groups is 1. The smallest absolute Gasteiger partial charge is 0.234 e. The zero-order valence-electron chi connectivity index (χ0n) is 9.71. The molecule has 4 heteroatoms. The fraction of sp³-hybridized carbons (Fsp3) is 0.909. The first-order valence-corrected chi connectivity index (χ1v) is 5.85. The maximum absolute atomic E-state index is 11.5.